The lowest BCUT2D eigenvalue weighted by atomic mass is 9.78. The van der Waals surface area contributed by atoms with Gasteiger partial charge in [0.15, 0.2) is 0 Å². The highest BCUT2D eigenvalue weighted by Gasteiger charge is 2.18. The molecule has 1 aromatic carbocycles. The van der Waals surface area contributed by atoms with E-state index < -0.39 is 7.12 Å². The fraction of sp³-hybridized carbons (Fsp3) is 0.400. The molecule has 0 amide bonds. The van der Waals surface area contributed by atoms with Crippen molar-refractivity contribution in [2.24, 2.45) is 0 Å². The first kappa shape index (κ1) is 13.0. The van der Waals surface area contributed by atoms with E-state index in [0.717, 1.165) is 0 Å². The van der Waals surface area contributed by atoms with Crippen LogP contribution in [0.15, 0.2) is 24.3 Å². The Morgan fingerprint density at radius 3 is 2.06 bits per heavy atom. The number of benzene rings is 1. The van der Waals surface area contributed by atoms with Crippen molar-refractivity contribution in [3.05, 3.63) is 24.3 Å². The Hall–Kier alpha value is -1.08. The Morgan fingerprint density at radius 2 is 1.56 bits per heavy atom. The lowest BCUT2D eigenvalue weighted by Crippen LogP contribution is -2.39. The Balaban J connectivity index is 2.97. The smallest absolute Gasteiger partial charge is 0.423 e. The van der Waals surface area contributed by atoms with Crippen molar-refractivity contribution in [2.75, 3.05) is 31.2 Å². The van der Waals surface area contributed by atoms with Crippen molar-refractivity contribution in [3.8, 4) is 0 Å². The molecule has 0 heterocycles. The van der Waals surface area contributed by atoms with E-state index >= 15 is 0 Å². The molecule has 0 saturated carbocycles. The van der Waals surface area contributed by atoms with Crippen LogP contribution in [0, 0.1) is 0 Å². The van der Waals surface area contributed by atoms with Crippen molar-refractivity contribution in [3.63, 3.8) is 0 Å². The molecule has 5 nitrogen and oxygen atoms in total. The summed E-state index contributed by atoms with van der Waals surface area (Å²) in [6.45, 7) is 0.556. The van der Waals surface area contributed by atoms with Crippen LogP contribution in [0.4, 0.5) is 5.69 Å². The summed E-state index contributed by atoms with van der Waals surface area (Å²) in [6, 6.07) is 6.79. The SMILES string of the molecule is OCCN(CCO)c1ccccc1B(O)O. The summed E-state index contributed by atoms with van der Waals surface area (Å²) in [5.74, 6) is 0. The highest BCUT2D eigenvalue weighted by Crippen LogP contribution is 2.10. The zero-order valence-corrected chi connectivity index (χ0v) is 8.95. The molecular weight excluding hydrogens is 209 g/mol. The van der Waals surface area contributed by atoms with Crippen molar-refractivity contribution in [1.82, 2.24) is 0 Å². The third kappa shape index (κ3) is 3.21. The Labute approximate surface area is 94.7 Å². The highest BCUT2D eigenvalue weighted by molar-refractivity contribution is 6.60. The number of nitrogens with zero attached hydrogens (tertiary/aromatic N) is 1. The molecule has 0 radical (unpaired) electrons. The first-order valence-corrected chi connectivity index (χ1v) is 5.12. The van der Waals surface area contributed by atoms with Gasteiger partial charge >= 0.3 is 7.12 Å². The number of aliphatic hydroxyl groups is 2. The van der Waals surface area contributed by atoms with Crippen LogP contribution in [0.1, 0.15) is 0 Å². The maximum atomic E-state index is 9.19. The molecule has 88 valence electrons. The second-order valence-corrected chi connectivity index (χ2v) is 3.37. The fourth-order valence-electron chi connectivity index (χ4n) is 1.59. The van der Waals surface area contributed by atoms with E-state index in [4.69, 9.17) is 10.2 Å². The largest absolute Gasteiger partial charge is 0.490 e. The number of para-hydroxylation sites is 1. The molecule has 4 N–H and O–H groups in total. The minimum atomic E-state index is -1.56. The second-order valence-electron chi connectivity index (χ2n) is 3.37. The number of anilines is 1. The second kappa shape index (κ2) is 6.50. The summed E-state index contributed by atoms with van der Waals surface area (Å²) in [7, 11) is -1.56. The van der Waals surface area contributed by atoms with Gasteiger partial charge in [-0.2, -0.15) is 0 Å². The van der Waals surface area contributed by atoms with Gasteiger partial charge in [0.05, 0.1) is 13.2 Å². The van der Waals surface area contributed by atoms with Crippen LogP contribution < -0.4 is 10.4 Å². The van der Waals surface area contributed by atoms with Crippen LogP contribution in [0.3, 0.4) is 0 Å². The number of hydrogen-bond acceptors (Lipinski definition) is 5. The van der Waals surface area contributed by atoms with Crippen LogP contribution in [0.2, 0.25) is 0 Å². The van der Waals surface area contributed by atoms with Gasteiger partial charge in [-0.3, -0.25) is 0 Å². The maximum Gasteiger partial charge on any atom is 0.490 e. The minimum Gasteiger partial charge on any atom is -0.423 e. The maximum absolute atomic E-state index is 9.19. The quantitative estimate of drug-likeness (QED) is 0.427. The standard InChI is InChI=1S/C10H16BNO4/c13-7-5-12(6-8-14)10-4-2-1-3-9(10)11(15)16/h1-4,13-16H,5-8H2. The first-order chi connectivity index (χ1) is 7.70. The van der Waals surface area contributed by atoms with Gasteiger partial charge in [-0.15, -0.1) is 0 Å². The Kier molecular flexibility index (Phi) is 5.27. The van der Waals surface area contributed by atoms with Gasteiger partial charge in [0.25, 0.3) is 0 Å². The summed E-state index contributed by atoms with van der Waals surface area (Å²) in [5, 5.41) is 36.2. The lowest BCUT2D eigenvalue weighted by Gasteiger charge is -2.25. The number of aliphatic hydroxyl groups excluding tert-OH is 2. The molecule has 0 aromatic heterocycles. The first-order valence-electron chi connectivity index (χ1n) is 5.12. The van der Waals surface area contributed by atoms with Crippen LogP contribution in [-0.4, -0.2) is 53.7 Å². The van der Waals surface area contributed by atoms with E-state index in [-0.39, 0.29) is 13.2 Å². The van der Waals surface area contributed by atoms with Gasteiger partial charge in [0.2, 0.25) is 0 Å². The summed E-state index contributed by atoms with van der Waals surface area (Å²) >= 11 is 0. The molecule has 0 bridgehead atoms. The van der Waals surface area contributed by atoms with Crippen molar-refractivity contribution in [2.45, 2.75) is 0 Å². The predicted octanol–water partition coefficient (Wildman–Crippen LogP) is -1.84. The summed E-state index contributed by atoms with van der Waals surface area (Å²) in [5.41, 5.74) is 0.977. The van der Waals surface area contributed by atoms with Crippen molar-refractivity contribution >= 4 is 18.3 Å². The molecule has 0 atom stereocenters. The van der Waals surface area contributed by atoms with E-state index in [0.29, 0.717) is 24.2 Å². The van der Waals surface area contributed by atoms with Crippen molar-refractivity contribution in [1.29, 1.82) is 0 Å². The predicted molar refractivity (Wildman–Crippen MR) is 62.7 cm³/mol. The van der Waals surface area contributed by atoms with Gasteiger partial charge in [-0.1, -0.05) is 18.2 Å². The van der Waals surface area contributed by atoms with E-state index in [1.165, 1.54) is 0 Å². The van der Waals surface area contributed by atoms with Gasteiger partial charge in [-0.05, 0) is 6.07 Å². The van der Waals surface area contributed by atoms with Crippen LogP contribution >= 0.6 is 0 Å². The van der Waals surface area contributed by atoms with E-state index in [1.54, 1.807) is 29.2 Å². The summed E-state index contributed by atoms with van der Waals surface area (Å²) in [6.07, 6.45) is 0. The molecule has 1 rings (SSSR count). The zero-order valence-electron chi connectivity index (χ0n) is 8.95. The summed E-state index contributed by atoms with van der Waals surface area (Å²) in [4.78, 5) is 1.70. The summed E-state index contributed by atoms with van der Waals surface area (Å²) < 4.78 is 0. The zero-order chi connectivity index (χ0) is 12.0. The number of hydrogen-bond donors (Lipinski definition) is 4. The average Bonchev–Trinajstić information content (AvgIpc) is 2.29. The molecule has 0 fully saturated rings. The third-order valence-corrected chi connectivity index (χ3v) is 2.30. The van der Waals surface area contributed by atoms with Crippen LogP contribution in [0.5, 0.6) is 0 Å². The number of rotatable bonds is 6. The topological polar surface area (TPSA) is 84.2 Å². The van der Waals surface area contributed by atoms with Gasteiger partial charge in [0.1, 0.15) is 0 Å². The molecule has 0 unspecified atom stereocenters. The highest BCUT2D eigenvalue weighted by atomic mass is 16.4. The molecule has 6 heteroatoms. The van der Waals surface area contributed by atoms with E-state index in [9.17, 15) is 10.0 Å². The van der Waals surface area contributed by atoms with E-state index in [2.05, 4.69) is 0 Å². The lowest BCUT2D eigenvalue weighted by molar-refractivity contribution is 0.281. The van der Waals surface area contributed by atoms with Crippen LogP contribution in [0.25, 0.3) is 0 Å². The Morgan fingerprint density at radius 1 is 1.00 bits per heavy atom. The van der Waals surface area contributed by atoms with Gasteiger partial charge in [0, 0.05) is 24.2 Å². The molecule has 0 saturated heterocycles. The van der Waals surface area contributed by atoms with Crippen molar-refractivity contribution < 1.29 is 20.3 Å². The monoisotopic (exact) mass is 225 g/mol. The Bertz CT molecular complexity index is 315. The molecule has 0 aliphatic rings. The average molecular weight is 225 g/mol. The third-order valence-electron chi connectivity index (χ3n) is 2.30. The molecule has 0 spiro atoms. The van der Waals surface area contributed by atoms with Gasteiger partial charge < -0.3 is 25.2 Å². The molecule has 0 aliphatic carbocycles. The molecule has 16 heavy (non-hydrogen) atoms. The molecule has 0 aliphatic heterocycles. The van der Waals surface area contributed by atoms with E-state index in [1.807, 2.05) is 0 Å². The molecular formula is C10H16BNO4. The normalized spacial score (nSPS) is 10.2. The molecule has 1 aromatic rings. The van der Waals surface area contributed by atoms with Gasteiger partial charge in [-0.25, -0.2) is 0 Å². The minimum absolute atomic E-state index is 0.0597. The van der Waals surface area contributed by atoms with Crippen LogP contribution in [-0.2, 0) is 0 Å². The fourth-order valence-corrected chi connectivity index (χ4v) is 1.59.